The summed E-state index contributed by atoms with van der Waals surface area (Å²) in [4.78, 5) is 13.2. The van der Waals surface area contributed by atoms with Crippen LogP contribution >= 0.6 is 0 Å². The van der Waals surface area contributed by atoms with Gasteiger partial charge in [0.1, 0.15) is 0 Å². The maximum Gasteiger partial charge on any atom is 0.335 e. The van der Waals surface area contributed by atoms with Crippen molar-refractivity contribution in [2.24, 2.45) is 0 Å². The lowest BCUT2D eigenvalue weighted by Crippen LogP contribution is -2.26. The van der Waals surface area contributed by atoms with Gasteiger partial charge < -0.3 is 5.11 Å². The quantitative estimate of drug-likeness (QED) is 0.703. The Balaban J connectivity index is 2.13. The molecule has 0 unspecified atom stereocenters. The molecule has 0 radical (unpaired) electrons. The summed E-state index contributed by atoms with van der Waals surface area (Å²) in [6.45, 7) is 6.98. The van der Waals surface area contributed by atoms with Gasteiger partial charge in [-0.2, -0.15) is 0 Å². The Hall–Kier alpha value is -2.22. The first-order valence-corrected chi connectivity index (χ1v) is 9.97. The fourth-order valence-corrected chi connectivity index (χ4v) is 3.61. The number of hydrogen-bond donors (Lipinski definition) is 2. The van der Waals surface area contributed by atoms with Gasteiger partial charge in [0.05, 0.1) is 10.5 Å². The first-order valence-electron chi connectivity index (χ1n) is 8.49. The highest BCUT2D eigenvalue weighted by Gasteiger charge is 2.16. The van der Waals surface area contributed by atoms with Crippen LogP contribution in [0.5, 0.6) is 0 Å². The van der Waals surface area contributed by atoms with Crippen LogP contribution < -0.4 is 4.72 Å². The van der Waals surface area contributed by atoms with Crippen molar-refractivity contribution in [2.75, 3.05) is 13.1 Å². The molecule has 0 aliphatic rings. The number of nitrogens with zero attached hydrogens (tertiary/aromatic N) is 1. The molecule has 2 rings (SSSR count). The fraction of sp³-hybridized carbons (Fsp3) is 0.316. The minimum atomic E-state index is -3.71. The third kappa shape index (κ3) is 5.14. The summed E-state index contributed by atoms with van der Waals surface area (Å²) in [5, 5.41) is 8.90. The van der Waals surface area contributed by atoms with E-state index < -0.39 is 16.0 Å². The highest BCUT2D eigenvalue weighted by atomic mass is 32.2. The molecule has 0 aliphatic carbocycles. The number of carboxylic acids is 1. The average Bonchev–Trinajstić information content (AvgIpc) is 2.65. The molecule has 0 saturated carbocycles. The predicted octanol–water partition coefficient (Wildman–Crippen LogP) is 2.71. The molecule has 2 aromatic carbocycles. The molecular formula is C19H24N2O4S. The Kier molecular flexibility index (Phi) is 6.90. The van der Waals surface area contributed by atoms with E-state index in [0.717, 1.165) is 30.8 Å². The largest absolute Gasteiger partial charge is 0.478 e. The molecule has 2 N–H and O–H groups in total. The molecule has 0 heterocycles. The third-order valence-corrected chi connectivity index (χ3v) is 5.69. The number of benzene rings is 2. The first kappa shape index (κ1) is 20.1. The molecule has 0 fully saturated rings. The van der Waals surface area contributed by atoms with Crippen molar-refractivity contribution in [3.63, 3.8) is 0 Å². The molecule has 0 bridgehead atoms. The van der Waals surface area contributed by atoms with Crippen LogP contribution in [0.15, 0.2) is 53.4 Å². The minimum Gasteiger partial charge on any atom is -0.478 e. The summed E-state index contributed by atoms with van der Waals surface area (Å²) in [5.74, 6) is -1.09. The van der Waals surface area contributed by atoms with Crippen molar-refractivity contribution in [3.05, 3.63) is 65.2 Å². The van der Waals surface area contributed by atoms with Gasteiger partial charge in [-0.15, -0.1) is 0 Å². The standard InChI is InChI=1S/C19H24N2O4S/c1-3-21(4-2)14-17-8-6-5-7-16(17)13-20-26(24,25)18-11-9-15(10-12-18)19(22)23/h5-12,20H,3-4,13-14H2,1-2H3,(H,22,23). The summed E-state index contributed by atoms with van der Waals surface area (Å²) in [5.41, 5.74) is 2.05. The van der Waals surface area contributed by atoms with Gasteiger partial charge in [-0.25, -0.2) is 17.9 Å². The van der Waals surface area contributed by atoms with Crippen molar-refractivity contribution < 1.29 is 18.3 Å². The lowest BCUT2D eigenvalue weighted by atomic mass is 10.1. The second-order valence-corrected chi connectivity index (χ2v) is 7.65. The Bertz CT molecular complexity index is 844. The van der Waals surface area contributed by atoms with Gasteiger partial charge in [0.2, 0.25) is 10.0 Å². The van der Waals surface area contributed by atoms with Crippen LogP contribution in [0, 0.1) is 0 Å². The summed E-state index contributed by atoms with van der Waals surface area (Å²) >= 11 is 0. The van der Waals surface area contributed by atoms with E-state index in [1.54, 1.807) is 0 Å². The molecule has 0 spiro atoms. The molecular weight excluding hydrogens is 352 g/mol. The summed E-state index contributed by atoms with van der Waals surface area (Å²) < 4.78 is 27.5. The van der Waals surface area contributed by atoms with E-state index in [1.165, 1.54) is 24.3 Å². The van der Waals surface area contributed by atoms with Gasteiger partial charge >= 0.3 is 5.97 Å². The molecule has 26 heavy (non-hydrogen) atoms. The van der Waals surface area contributed by atoms with Crippen molar-refractivity contribution >= 4 is 16.0 Å². The van der Waals surface area contributed by atoms with Gasteiger partial charge in [-0.3, -0.25) is 4.90 Å². The number of nitrogens with one attached hydrogen (secondary N) is 1. The normalized spacial score (nSPS) is 11.7. The summed E-state index contributed by atoms with van der Waals surface area (Å²) in [6.07, 6.45) is 0. The second kappa shape index (κ2) is 8.93. The van der Waals surface area contributed by atoms with E-state index >= 15 is 0 Å². The molecule has 2 aromatic rings. The van der Waals surface area contributed by atoms with Gasteiger partial charge in [-0.1, -0.05) is 38.1 Å². The molecule has 0 amide bonds. The Morgan fingerprint density at radius 1 is 1.00 bits per heavy atom. The molecule has 6 nitrogen and oxygen atoms in total. The molecule has 0 aliphatic heterocycles. The Morgan fingerprint density at radius 2 is 1.58 bits per heavy atom. The number of carbonyl (C=O) groups is 1. The molecule has 0 saturated heterocycles. The SMILES string of the molecule is CCN(CC)Cc1ccccc1CNS(=O)(=O)c1ccc(C(=O)O)cc1. The van der Waals surface area contributed by atoms with Gasteiger partial charge in [0.25, 0.3) is 0 Å². The molecule has 0 aromatic heterocycles. The van der Waals surface area contributed by atoms with Gasteiger partial charge in [-0.05, 0) is 48.5 Å². The highest BCUT2D eigenvalue weighted by molar-refractivity contribution is 7.89. The first-order chi connectivity index (χ1) is 12.4. The number of sulfonamides is 1. The van der Waals surface area contributed by atoms with Crippen LogP contribution in [0.1, 0.15) is 35.3 Å². The smallest absolute Gasteiger partial charge is 0.335 e. The van der Waals surface area contributed by atoms with Crippen LogP contribution in [0.25, 0.3) is 0 Å². The third-order valence-electron chi connectivity index (χ3n) is 4.27. The van der Waals surface area contributed by atoms with Crippen LogP contribution in [0.3, 0.4) is 0 Å². The van der Waals surface area contributed by atoms with Crippen molar-refractivity contribution in [2.45, 2.75) is 31.8 Å². The maximum absolute atomic E-state index is 12.5. The Labute approximate surface area is 154 Å². The number of rotatable bonds is 9. The van der Waals surface area contributed by atoms with Crippen LogP contribution in [-0.2, 0) is 23.1 Å². The van der Waals surface area contributed by atoms with Crippen molar-refractivity contribution in [3.8, 4) is 0 Å². The fourth-order valence-electron chi connectivity index (χ4n) is 2.61. The van der Waals surface area contributed by atoms with E-state index in [-0.39, 0.29) is 17.0 Å². The van der Waals surface area contributed by atoms with Crippen LogP contribution in [-0.4, -0.2) is 37.5 Å². The van der Waals surface area contributed by atoms with E-state index in [0.29, 0.717) is 0 Å². The van der Waals surface area contributed by atoms with Crippen LogP contribution in [0.4, 0.5) is 0 Å². The number of carboxylic acid groups (broad SMARTS) is 1. The maximum atomic E-state index is 12.5. The molecule has 7 heteroatoms. The predicted molar refractivity (Wildman–Crippen MR) is 100 cm³/mol. The zero-order valence-electron chi connectivity index (χ0n) is 15.0. The van der Waals surface area contributed by atoms with E-state index in [2.05, 4.69) is 23.5 Å². The monoisotopic (exact) mass is 376 g/mol. The zero-order valence-corrected chi connectivity index (χ0v) is 15.8. The van der Waals surface area contributed by atoms with Crippen molar-refractivity contribution in [1.29, 1.82) is 0 Å². The lowest BCUT2D eigenvalue weighted by Gasteiger charge is -2.20. The van der Waals surface area contributed by atoms with E-state index in [4.69, 9.17) is 5.11 Å². The van der Waals surface area contributed by atoms with Crippen LogP contribution in [0.2, 0.25) is 0 Å². The van der Waals surface area contributed by atoms with Crippen molar-refractivity contribution in [1.82, 2.24) is 9.62 Å². The summed E-state index contributed by atoms with van der Waals surface area (Å²) in [6, 6.07) is 12.9. The number of hydrogen-bond acceptors (Lipinski definition) is 4. The van der Waals surface area contributed by atoms with E-state index in [1.807, 2.05) is 24.3 Å². The Morgan fingerprint density at radius 3 is 2.12 bits per heavy atom. The topological polar surface area (TPSA) is 86.7 Å². The molecule has 140 valence electrons. The lowest BCUT2D eigenvalue weighted by molar-refractivity contribution is 0.0696. The number of aromatic carboxylic acids is 1. The van der Waals surface area contributed by atoms with Gasteiger partial charge in [0.15, 0.2) is 0 Å². The molecule has 0 atom stereocenters. The minimum absolute atomic E-state index is 0.0451. The van der Waals surface area contributed by atoms with E-state index in [9.17, 15) is 13.2 Å². The second-order valence-electron chi connectivity index (χ2n) is 5.88. The van der Waals surface area contributed by atoms with Gasteiger partial charge in [0, 0.05) is 13.1 Å². The highest BCUT2D eigenvalue weighted by Crippen LogP contribution is 2.15. The zero-order chi connectivity index (χ0) is 19.2. The average molecular weight is 376 g/mol. The summed E-state index contributed by atoms with van der Waals surface area (Å²) in [7, 11) is -3.71.